The topological polar surface area (TPSA) is 32.3 Å². The molecule has 5 rings (SSSR count). The van der Waals surface area contributed by atoms with E-state index >= 15 is 0 Å². The molecule has 3 atom stereocenters. The Labute approximate surface area is 197 Å². The van der Waals surface area contributed by atoms with Gasteiger partial charge < -0.3 is 10.4 Å². The van der Waals surface area contributed by atoms with Gasteiger partial charge >= 0.3 is 0 Å². The minimum absolute atomic E-state index is 0.0199. The van der Waals surface area contributed by atoms with Gasteiger partial charge in [0.1, 0.15) is 0 Å². The highest BCUT2D eigenvalue weighted by molar-refractivity contribution is 7.47. The van der Waals surface area contributed by atoms with Crippen molar-refractivity contribution in [3.05, 3.63) is 115 Å². The Kier molecular flexibility index (Phi) is 6.51. The molecule has 164 valence electrons. The zero-order chi connectivity index (χ0) is 22.6. The third-order valence-electron chi connectivity index (χ3n) is 6.30. The third-order valence-corrected chi connectivity index (χ3v) is 7.50. The summed E-state index contributed by atoms with van der Waals surface area (Å²) >= 11 is 0. The van der Waals surface area contributed by atoms with E-state index in [1.807, 2.05) is 37.3 Å². The molecule has 3 heteroatoms. The molecule has 0 aliphatic carbocycles. The molecule has 0 bridgehead atoms. The molecule has 0 spiro atoms. The highest BCUT2D eigenvalue weighted by Gasteiger charge is 2.16. The summed E-state index contributed by atoms with van der Waals surface area (Å²) in [7, 11) is 0.598. The van der Waals surface area contributed by atoms with Crippen molar-refractivity contribution in [2.75, 3.05) is 6.29 Å². The molecule has 5 aromatic carbocycles. The SMILES string of the molecule is C[C@H](NCPc1ccccc1-c1cc2ccccc2c2ccccc12)C(O)c1ccccc1. The lowest BCUT2D eigenvalue weighted by Crippen LogP contribution is -2.32. The number of aliphatic hydroxyl groups excluding tert-OH is 1. The second-order valence-electron chi connectivity index (χ2n) is 8.44. The fourth-order valence-electron chi connectivity index (χ4n) is 4.51. The normalized spacial score (nSPS) is 13.6. The fraction of sp³-hybridized carbons (Fsp3) is 0.133. The molecule has 2 nitrogen and oxygen atoms in total. The molecule has 0 heterocycles. The van der Waals surface area contributed by atoms with E-state index in [1.165, 1.54) is 38.0 Å². The summed E-state index contributed by atoms with van der Waals surface area (Å²) in [6, 6.07) is 38.2. The molecule has 2 N–H and O–H groups in total. The number of nitrogens with one attached hydrogen (secondary N) is 1. The van der Waals surface area contributed by atoms with E-state index in [4.69, 9.17) is 0 Å². The molecular formula is C30H28NOP. The van der Waals surface area contributed by atoms with Gasteiger partial charge in [0, 0.05) is 12.3 Å². The summed E-state index contributed by atoms with van der Waals surface area (Å²) < 4.78 is 0. The lowest BCUT2D eigenvalue weighted by atomic mass is 9.93. The smallest absolute Gasteiger partial charge is 0.0940 e. The van der Waals surface area contributed by atoms with Crippen LogP contribution in [0, 0.1) is 0 Å². The van der Waals surface area contributed by atoms with Crippen LogP contribution in [0.3, 0.4) is 0 Å². The van der Waals surface area contributed by atoms with Crippen LogP contribution in [-0.4, -0.2) is 17.4 Å². The average Bonchev–Trinajstić information content (AvgIpc) is 2.88. The molecule has 2 unspecified atom stereocenters. The van der Waals surface area contributed by atoms with Gasteiger partial charge in [0.15, 0.2) is 0 Å². The largest absolute Gasteiger partial charge is 0.387 e. The van der Waals surface area contributed by atoms with Gasteiger partial charge in [-0.15, -0.1) is 0 Å². The second kappa shape index (κ2) is 9.85. The van der Waals surface area contributed by atoms with Crippen molar-refractivity contribution in [2.24, 2.45) is 0 Å². The lowest BCUT2D eigenvalue weighted by Gasteiger charge is -2.21. The number of rotatable bonds is 7. The summed E-state index contributed by atoms with van der Waals surface area (Å²) in [4.78, 5) is 0. The van der Waals surface area contributed by atoms with Gasteiger partial charge in [0.25, 0.3) is 0 Å². The van der Waals surface area contributed by atoms with E-state index in [0.717, 1.165) is 11.8 Å². The molecule has 0 amide bonds. The number of hydrogen-bond acceptors (Lipinski definition) is 2. The van der Waals surface area contributed by atoms with Gasteiger partial charge in [0.05, 0.1) is 6.10 Å². The zero-order valence-electron chi connectivity index (χ0n) is 18.7. The van der Waals surface area contributed by atoms with Crippen molar-refractivity contribution in [1.82, 2.24) is 5.32 Å². The van der Waals surface area contributed by atoms with Crippen LogP contribution in [-0.2, 0) is 0 Å². The molecular weight excluding hydrogens is 421 g/mol. The number of aliphatic hydroxyl groups is 1. The predicted octanol–water partition coefficient (Wildman–Crippen LogP) is 6.63. The summed E-state index contributed by atoms with van der Waals surface area (Å²) in [5.41, 5.74) is 3.52. The van der Waals surface area contributed by atoms with Crippen LogP contribution in [0.4, 0.5) is 0 Å². The number of benzene rings is 5. The number of hydrogen-bond donors (Lipinski definition) is 2. The third kappa shape index (κ3) is 4.56. The summed E-state index contributed by atoms with van der Waals surface area (Å²) in [6.07, 6.45) is 0.309. The van der Waals surface area contributed by atoms with E-state index in [9.17, 15) is 5.11 Å². The highest BCUT2D eigenvalue weighted by Crippen LogP contribution is 2.35. The first kappa shape index (κ1) is 21.8. The number of fused-ring (bicyclic) bond motifs is 3. The van der Waals surface area contributed by atoms with Crippen LogP contribution in [0.15, 0.2) is 109 Å². The molecule has 0 saturated carbocycles. The average molecular weight is 450 g/mol. The van der Waals surface area contributed by atoms with Gasteiger partial charge in [-0.1, -0.05) is 112 Å². The van der Waals surface area contributed by atoms with Crippen LogP contribution >= 0.6 is 8.58 Å². The minimum Gasteiger partial charge on any atom is -0.387 e. The summed E-state index contributed by atoms with van der Waals surface area (Å²) in [5, 5.41) is 20.7. The van der Waals surface area contributed by atoms with E-state index in [1.54, 1.807) is 0 Å². The quantitative estimate of drug-likeness (QED) is 0.216. The first-order valence-electron chi connectivity index (χ1n) is 11.4. The van der Waals surface area contributed by atoms with Gasteiger partial charge in [0.2, 0.25) is 0 Å². The van der Waals surface area contributed by atoms with E-state index < -0.39 is 6.10 Å². The van der Waals surface area contributed by atoms with Crippen molar-refractivity contribution >= 4 is 35.4 Å². The molecule has 0 saturated heterocycles. The van der Waals surface area contributed by atoms with Crippen molar-refractivity contribution < 1.29 is 5.11 Å². The molecule has 0 aromatic heterocycles. The van der Waals surface area contributed by atoms with Crippen molar-refractivity contribution in [1.29, 1.82) is 0 Å². The Morgan fingerprint density at radius 1 is 0.697 bits per heavy atom. The Morgan fingerprint density at radius 3 is 2.15 bits per heavy atom. The maximum Gasteiger partial charge on any atom is 0.0940 e. The van der Waals surface area contributed by atoms with Gasteiger partial charge in [-0.05, 0) is 56.5 Å². The maximum atomic E-state index is 10.7. The van der Waals surface area contributed by atoms with Crippen LogP contribution in [0.2, 0.25) is 0 Å². The van der Waals surface area contributed by atoms with E-state index in [-0.39, 0.29) is 6.04 Å². The Morgan fingerprint density at radius 2 is 1.33 bits per heavy atom. The van der Waals surface area contributed by atoms with Crippen LogP contribution in [0.25, 0.3) is 32.7 Å². The van der Waals surface area contributed by atoms with Gasteiger partial charge in [-0.25, -0.2) is 0 Å². The molecule has 5 aromatic rings. The van der Waals surface area contributed by atoms with Crippen molar-refractivity contribution in [3.8, 4) is 11.1 Å². The fourth-order valence-corrected chi connectivity index (χ4v) is 5.74. The van der Waals surface area contributed by atoms with Crippen molar-refractivity contribution in [3.63, 3.8) is 0 Å². The first-order valence-corrected chi connectivity index (χ1v) is 12.6. The van der Waals surface area contributed by atoms with Crippen molar-refractivity contribution in [2.45, 2.75) is 19.1 Å². The first-order chi connectivity index (χ1) is 16.2. The molecule has 0 radical (unpaired) electrons. The maximum absolute atomic E-state index is 10.7. The van der Waals surface area contributed by atoms with Crippen LogP contribution in [0.1, 0.15) is 18.6 Å². The molecule has 0 fully saturated rings. The van der Waals surface area contributed by atoms with Gasteiger partial charge in [-0.2, -0.15) is 0 Å². The monoisotopic (exact) mass is 449 g/mol. The van der Waals surface area contributed by atoms with E-state index in [2.05, 4.69) is 84.2 Å². The highest BCUT2D eigenvalue weighted by atomic mass is 31.1. The molecule has 33 heavy (non-hydrogen) atoms. The van der Waals surface area contributed by atoms with E-state index in [0.29, 0.717) is 8.58 Å². The lowest BCUT2D eigenvalue weighted by molar-refractivity contribution is 0.139. The Hall–Kier alpha value is -3.03. The zero-order valence-corrected chi connectivity index (χ0v) is 19.7. The van der Waals surface area contributed by atoms with Gasteiger partial charge in [-0.3, -0.25) is 0 Å². The Bertz CT molecular complexity index is 1380. The Balaban J connectivity index is 1.42. The predicted molar refractivity (Wildman–Crippen MR) is 144 cm³/mol. The summed E-state index contributed by atoms with van der Waals surface area (Å²) in [5.74, 6) is 0. The molecule has 0 aliphatic heterocycles. The van der Waals surface area contributed by atoms with Crippen LogP contribution in [0.5, 0.6) is 0 Å². The minimum atomic E-state index is -0.518. The summed E-state index contributed by atoms with van der Waals surface area (Å²) in [6.45, 7) is 2.05. The van der Waals surface area contributed by atoms with Crippen LogP contribution < -0.4 is 10.6 Å². The standard InChI is InChI=1S/C30H28NOP/c1-21(30(32)22-11-3-2-4-12-22)31-20-33-29-18-10-9-17-27(29)28-19-23-13-5-6-14-24(23)25-15-7-8-16-26(25)28/h2-19,21,30-33H,20H2,1H3/t21-,30?/m0/s1. The second-order valence-corrected chi connectivity index (χ2v) is 9.68. The molecule has 0 aliphatic rings.